The molecular formula is C14H10Cl2O3. The third-order valence-corrected chi connectivity index (χ3v) is 3.34. The maximum atomic E-state index is 11.5. The van der Waals surface area contributed by atoms with Crippen molar-refractivity contribution in [2.24, 2.45) is 0 Å². The van der Waals surface area contributed by atoms with Crippen LogP contribution in [0.5, 0.6) is 5.75 Å². The zero-order chi connectivity index (χ0) is 14.0. The third-order valence-electron chi connectivity index (χ3n) is 2.78. The number of aromatic hydroxyl groups is 1. The lowest BCUT2D eigenvalue weighted by atomic mass is 9.91. The van der Waals surface area contributed by atoms with Gasteiger partial charge in [0.2, 0.25) is 0 Å². The molecule has 3 nitrogen and oxygen atoms in total. The topological polar surface area (TPSA) is 57.5 Å². The van der Waals surface area contributed by atoms with Gasteiger partial charge in [-0.1, -0.05) is 47.5 Å². The Labute approximate surface area is 120 Å². The summed E-state index contributed by atoms with van der Waals surface area (Å²) in [5.41, 5.74) is 0.775. The number of rotatable bonds is 3. The average Bonchev–Trinajstić information content (AvgIpc) is 2.37. The summed E-state index contributed by atoms with van der Waals surface area (Å²) < 4.78 is 0. The van der Waals surface area contributed by atoms with Gasteiger partial charge in [0, 0.05) is 10.6 Å². The number of carbonyl (C=O) groups is 1. The van der Waals surface area contributed by atoms with E-state index >= 15 is 0 Å². The SMILES string of the molecule is O=C(O)C(c1ccc(Cl)cc1)c1cccc(Cl)c1O. The van der Waals surface area contributed by atoms with Gasteiger partial charge in [0.25, 0.3) is 0 Å². The predicted octanol–water partition coefficient (Wildman–Crippen LogP) is 3.92. The molecule has 1 unspecified atom stereocenters. The van der Waals surface area contributed by atoms with Crippen LogP contribution in [0.15, 0.2) is 42.5 Å². The molecular weight excluding hydrogens is 287 g/mol. The highest BCUT2D eigenvalue weighted by Gasteiger charge is 2.25. The van der Waals surface area contributed by atoms with Crippen molar-refractivity contribution in [2.45, 2.75) is 5.92 Å². The van der Waals surface area contributed by atoms with Gasteiger partial charge >= 0.3 is 5.97 Å². The lowest BCUT2D eigenvalue weighted by molar-refractivity contribution is -0.137. The molecule has 0 heterocycles. The van der Waals surface area contributed by atoms with Crippen LogP contribution in [0.1, 0.15) is 17.0 Å². The van der Waals surface area contributed by atoms with Crippen molar-refractivity contribution >= 4 is 29.2 Å². The second-order valence-electron chi connectivity index (χ2n) is 4.00. The van der Waals surface area contributed by atoms with E-state index in [4.69, 9.17) is 23.2 Å². The first-order chi connectivity index (χ1) is 9.00. The van der Waals surface area contributed by atoms with E-state index < -0.39 is 11.9 Å². The molecule has 19 heavy (non-hydrogen) atoms. The maximum Gasteiger partial charge on any atom is 0.315 e. The van der Waals surface area contributed by atoms with Gasteiger partial charge in [-0.2, -0.15) is 0 Å². The second-order valence-corrected chi connectivity index (χ2v) is 4.84. The van der Waals surface area contributed by atoms with Crippen molar-refractivity contribution in [3.63, 3.8) is 0 Å². The molecule has 0 radical (unpaired) electrons. The lowest BCUT2D eigenvalue weighted by Crippen LogP contribution is -2.13. The molecule has 0 saturated heterocycles. The number of phenolic OH excluding ortho intramolecular Hbond substituents is 1. The van der Waals surface area contributed by atoms with Crippen molar-refractivity contribution in [1.82, 2.24) is 0 Å². The van der Waals surface area contributed by atoms with E-state index in [0.717, 1.165) is 0 Å². The summed E-state index contributed by atoms with van der Waals surface area (Å²) in [6.07, 6.45) is 0. The van der Waals surface area contributed by atoms with Crippen LogP contribution in [0.4, 0.5) is 0 Å². The summed E-state index contributed by atoms with van der Waals surface area (Å²) in [4.78, 5) is 11.5. The fraction of sp³-hybridized carbons (Fsp3) is 0.0714. The molecule has 5 heteroatoms. The Morgan fingerprint density at radius 3 is 2.26 bits per heavy atom. The number of hydrogen-bond acceptors (Lipinski definition) is 2. The minimum atomic E-state index is -1.07. The molecule has 0 aliphatic carbocycles. The van der Waals surface area contributed by atoms with Crippen molar-refractivity contribution in [3.05, 3.63) is 63.6 Å². The van der Waals surface area contributed by atoms with E-state index in [1.807, 2.05) is 0 Å². The summed E-state index contributed by atoms with van der Waals surface area (Å²) in [6.45, 7) is 0. The number of aliphatic carboxylic acids is 1. The number of benzene rings is 2. The van der Waals surface area contributed by atoms with Gasteiger partial charge in [0.1, 0.15) is 11.7 Å². The standard InChI is InChI=1S/C14H10Cl2O3/c15-9-6-4-8(5-7-9)12(14(18)19)10-2-1-3-11(16)13(10)17/h1-7,12,17H,(H,18,19). The van der Waals surface area contributed by atoms with Crippen LogP contribution >= 0.6 is 23.2 Å². The molecule has 0 bridgehead atoms. The molecule has 0 fully saturated rings. The minimum absolute atomic E-state index is 0.123. The molecule has 0 saturated carbocycles. The van der Waals surface area contributed by atoms with Crippen molar-refractivity contribution < 1.29 is 15.0 Å². The minimum Gasteiger partial charge on any atom is -0.506 e. The lowest BCUT2D eigenvalue weighted by Gasteiger charge is -2.15. The summed E-state index contributed by atoms with van der Waals surface area (Å²) in [5.74, 6) is -2.28. The summed E-state index contributed by atoms with van der Waals surface area (Å²) in [6, 6.07) is 11.1. The fourth-order valence-corrected chi connectivity index (χ4v) is 2.18. The van der Waals surface area contributed by atoms with E-state index in [9.17, 15) is 15.0 Å². The largest absolute Gasteiger partial charge is 0.506 e. The zero-order valence-corrected chi connectivity index (χ0v) is 11.2. The van der Waals surface area contributed by atoms with Gasteiger partial charge < -0.3 is 10.2 Å². The Morgan fingerprint density at radius 1 is 1.05 bits per heavy atom. The molecule has 98 valence electrons. The smallest absolute Gasteiger partial charge is 0.315 e. The van der Waals surface area contributed by atoms with Crippen LogP contribution < -0.4 is 0 Å². The highest BCUT2D eigenvalue weighted by atomic mass is 35.5. The normalized spacial score (nSPS) is 12.1. The Hall–Kier alpha value is -1.71. The van der Waals surface area contributed by atoms with Gasteiger partial charge in [0.15, 0.2) is 0 Å². The highest BCUT2D eigenvalue weighted by Crippen LogP contribution is 2.36. The molecule has 0 aliphatic heterocycles. The number of halogens is 2. The van der Waals surface area contributed by atoms with Gasteiger partial charge in [0.05, 0.1) is 5.02 Å². The van der Waals surface area contributed by atoms with E-state index in [0.29, 0.717) is 10.6 Å². The predicted molar refractivity (Wildman–Crippen MR) is 74.0 cm³/mol. The van der Waals surface area contributed by atoms with E-state index in [2.05, 4.69) is 0 Å². The number of para-hydroxylation sites is 1. The summed E-state index contributed by atoms with van der Waals surface area (Å²) in [7, 11) is 0. The van der Waals surface area contributed by atoms with Gasteiger partial charge in [-0.05, 0) is 23.8 Å². The highest BCUT2D eigenvalue weighted by molar-refractivity contribution is 6.32. The van der Waals surface area contributed by atoms with Crippen LogP contribution in [0.2, 0.25) is 10.0 Å². The molecule has 0 aromatic heterocycles. The van der Waals surface area contributed by atoms with E-state index in [-0.39, 0.29) is 16.3 Å². The van der Waals surface area contributed by atoms with Crippen LogP contribution in [0.25, 0.3) is 0 Å². The Kier molecular flexibility index (Phi) is 3.98. The molecule has 2 aromatic carbocycles. The number of phenols is 1. The molecule has 2 rings (SSSR count). The van der Waals surface area contributed by atoms with E-state index in [1.54, 1.807) is 30.3 Å². The monoisotopic (exact) mass is 296 g/mol. The van der Waals surface area contributed by atoms with E-state index in [1.165, 1.54) is 12.1 Å². The summed E-state index contributed by atoms with van der Waals surface area (Å²) in [5, 5.41) is 19.9. The molecule has 0 amide bonds. The first-order valence-electron chi connectivity index (χ1n) is 5.46. The summed E-state index contributed by atoms with van der Waals surface area (Å²) >= 11 is 11.6. The van der Waals surface area contributed by atoms with Crippen LogP contribution in [0.3, 0.4) is 0 Å². The Morgan fingerprint density at radius 2 is 1.68 bits per heavy atom. The molecule has 1 atom stereocenters. The maximum absolute atomic E-state index is 11.5. The van der Waals surface area contributed by atoms with Crippen molar-refractivity contribution in [3.8, 4) is 5.75 Å². The van der Waals surface area contributed by atoms with Crippen molar-refractivity contribution in [1.29, 1.82) is 0 Å². The van der Waals surface area contributed by atoms with Crippen molar-refractivity contribution in [2.75, 3.05) is 0 Å². The molecule has 0 aliphatic rings. The first kappa shape index (κ1) is 13.7. The van der Waals surface area contributed by atoms with Crippen LogP contribution in [-0.2, 0) is 4.79 Å². The quantitative estimate of drug-likeness (QED) is 0.903. The van der Waals surface area contributed by atoms with Crippen LogP contribution in [0, 0.1) is 0 Å². The molecule has 2 N–H and O–H groups in total. The Bertz CT molecular complexity index is 609. The number of carboxylic acids is 1. The second kappa shape index (κ2) is 5.51. The van der Waals surface area contributed by atoms with Gasteiger partial charge in [-0.15, -0.1) is 0 Å². The van der Waals surface area contributed by atoms with Gasteiger partial charge in [-0.25, -0.2) is 0 Å². The molecule has 2 aromatic rings. The van der Waals surface area contributed by atoms with Crippen LogP contribution in [-0.4, -0.2) is 16.2 Å². The first-order valence-corrected chi connectivity index (χ1v) is 6.22. The average molecular weight is 297 g/mol. The zero-order valence-electron chi connectivity index (χ0n) is 9.68. The number of carboxylic acid groups (broad SMARTS) is 1. The fourth-order valence-electron chi connectivity index (χ4n) is 1.88. The Balaban J connectivity index is 2.55. The third kappa shape index (κ3) is 2.83. The van der Waals surface area contributed by atoms with Gasteiger partial charge in [-0.3, -0.25) is 4.79 Å². The number of hydrogen-bond donors (Lipinski definition) is 2. The molecule has 0 spiro atoms.